The number of hydrogen-bond acceptors (Lipinski definition) is 3. The maximum Gasteiger partial charge on any atom is 0.193 e. The lowest BCUT2D eigenvalue weighted by atomic mass is 10.1. The first-order valence-electron chi connectivity index (χ1n) is 6.27. The van der Waals surface area contributed by atoms with Crippen LogP contribution in [0.4, 0.5) is 0 Å². The fraction of sp³-hybridized carbons (Fsp3) is 0.0588. The number of para-hydroxylation sites is 1. The number of nitrogens with zero attached hydrogens (tertiary/aromatic N) is 1. The number of nitriles is 1. The zero-order valence-electron chi connectivity index (χ0n) is 10.7. The van der Waals surface area contributed by atoms with Crippen molar-refractivity contribution >= 4 is 11.0 Å². The summed E-state index contributed by atoms with van der Waals surface area (Å²) in [6.45, 7) is 0. The monoisotopic (exact) mass is 261 g/mol. The Bertz CT molecular complexity index is 872. The highest BCUT2D eigenvalue weighted by Crippen LogP contribution is 2.23. The minimum Gasteiger partial charge on any atom is -0.456 e. The molecular formula is C17H11NO2. The molecule has 0 aliphatic carbocycles. The Balaban J connectivity index is 2.17. The molecule has 3 aromatic rings. The predicted molar refractivity (Wildman–Crippen MR) is 77.2 cm³/mol. The van der Waals surface area contributed by atoms with Gasteiger partial charge >= 0.3 is 0 Å². The van der Waals surface area contributed by atoms with Gasteiger partial charge in [-0.2, -0.15) is 5.26 Å². The first-order chi connectivity index (χ1) is 9.78. The second kappa shape index (κ2) is 5.02. The lowest BCUT2D eigenvalue weighted by Gasteiger charge is -2.04. The molecule has 0 unspecified atom stereocenters. The van der Waals surface area contributed by atoms with Crippen LogP contribution in [0.3, 0.4) is 0 Å². The molecule has 0 bridgehead atoms. The fourth-order valence-electron chi connectivity index (χ4n) is 2.17. The molecule has 0 aliphatic rings. The Hall–Kier alpha value is -2.86. The van der Waals surface area contributed by atoms with Gasteiger partial charge in [0.2, 0.25) is 0 Å². The van der Waals surface area contributed by atoms with Crippen molar-refractivity contribution in [3.8, 4) is 17.4 Å². The molecule has 1 heterocycles. The van der Waals surface area contributed by atoms with Crippen molar-refractivity contribution < 1.29 is 4.42 Å². The van der Waals surface area contributed by atoms with Crippen molar-refractivity contribution in [1.82, 2.24) is 0 Å². The van der Waals surface area contributed by atoms with Crippen LogP contribution in [0.5, 0.6) is 0 Å². The van der Waals surface area contributed by atoms with E-state index in [0.717, 1.165) is 11.1 Å². The standard InChI is InChI=1S/C17H11NO2/c18-9-8-12-4-3-5-13(10-12)17-11-15(19)14-6-1-2-7-16(14)20-17/h1-7,10-11H,8H2. The first-order valence-corrected chi connectivity index (χ1v) is 6.27. The van der Waals surface area contributed by atoms with Crippen LogP contribution in [0.15, 0.2) is 63.8 Å². The van der Waals surface area contributed by atoms with Gasteiger partial charge in [-0.1, -0.05) is 30.3 Å². The Morgan fingerprint density at radius 1 is 1.05 bits per heavy atom. The van der Waals surface area contributed by atoms with E-state index in [-0.39, 0.29) is 5.43 Å². The molecule has 0 atom stereocenters. The summed E-state index contributed by atoms with van der Waals surface area (Å²) in [4.78, 5) is 12.1. The molecular weight excluding hydrogens is 250 g/mol. The second-order valence-electron chi connectivity index (χ2n) is 4.51. The van der Waals surface area contributed by atoms with E-state index in [0.29, 0.717) is 23.2 Å². The summed E-state index contributed by atoms with van der Waals surface area (Å²) in [6.07, 6.45) is 0.339. The van der Waals surface area contributed by atoms with Gasteiger partial charge in [-0.15, -0.1) is 0 Å². The van der Waals surface area contributed by atoms with Gasteiger partial charge in [0.15, 0.2) is 5.43 Å². The lowest BCUT2D eigenvalue weighted by molar-refractivity contribution is 0.619. The molecule has 3 heteroatoms. The molecule has 0 fully saturated rings. The summed E-state index contributed by atoms with van der Waals surface area (Å²) in [7, 11) is 0. The van der Waals surface area contributed by atoms with Gasteiger partial charge in [-0.3, -0.25) is 4.79 Å². The highest BCUT2D eigenvalue weighted by Gasteiger charge is 2.06. The van der Waals surface area contributed by atoms with Crippen molar-refractivity contribution in [2.45, 2.75) is 6.42 Å². The van der Waals surface area contributed by atoms with Crippen LogP contribution in [0, 0.1) is 11.3 Å². The molecule has 1 aromatic heterocycles. The zero-order valence-corrected chi connectivity index (χ0v) is 10.7. The summed E-state index contributed by atoms with van der Waals surface area (Å²) in [6, 6.07) is 18.3. The van der Waals surface area contributed by atoms with Crippen LogP contribution >= 0.6 is 0 Å². The summed E-state index contributed by atoms with van der Waals surface area (Å²) in [5.41, 5.74) is 2.22. The minimum absolute atomic E-state index is 0.0625. The average molecular weight is 261 g/mol. The smallest absolute Gasteiger partial charge is 0.193 e. The third-order valence-corrected chi connectivity index (χ3v) is 3.13. The Labute approximate surface area is 115 Å². The molecule has 96 valence electrons. The first kappa shape index (κ1) is 12.2. The maximum absolute atomic E-state index is 12.1. The quantitative estimate of drug-likeness (QED) is 0.709. The number of benzene rings is 2. The van der Waals surface area contributed by atoms with Crippen molar-refractivity contribution in [2.75, 3.05) is 0 Å². The van der Waals surface area contributed by atoms with Gasteiger partial charge in [0.25, 0.3) is 0 Å². The number of rotatable bonds is 2. The number of fused-ring (bicyclic) bond motifs is 1. The maximum atomic E-state index is 12.1. The molecule has 0 saturated carbocycles. The summed E-state index contributed by atoms with van der Waals surface area (Å²) < 4.78 is 5.78. The molecule has 0 spiro atoms. The van der Waals surface area contributed by atoms with Gasteiger partial charge in [-0.05, 0) is 23.8 Å². The molecule has 0 saturated heterocycles. The normalized spacial score (nSPS) is 10.3. The highest BCUT2D eigenvalue weighted by atomic mass is 16.3. The third kappa shape index (κ3) is 2.19. The van der Waals surface area contributed by atoms with Gasteiger partial charge < -0.3 is 4.42 Å². The van der Waals surface area contributed by atoms with Gasteiger partial charge in [0.05, 0.1) is 17.9 Å². The Kier molecular flexibility index (Phi) is 3.06. The van der Waals surface area contributed by atoms with E-state index in [4.69, 9.17) is 9.68 Å². The zero-order chi connectivity index (χ0) is 13.9. The van der Waals surface area contributed by atoms with Crippen molar-refractivity contribution in [2.24, 2.45) is 0 Å². The summed E-state index contributed by atoms with van der Waals surface area (Å²) in [5.74, 6) is 0.522. The highest BCUT2D eigenvalue weighted by molar-refractivity contribution is 5.78. The third-order valence-electron chi connectivity index (χ3n) is 3.13. The SMILES string of the molecule is N#CCc1cccc(-c2cc(=O)c3ccccc3o2)c1. The summed E-state index contributed by atoms with van der Waals surface area (Å²) >= 11 is 0. The van der Waals surface area contributed by atoms with Crippen molar-refractivity contribution in [1.29, 1.82) is 5.26 Å². The number of hydrogen-bond donors (Lipinski definition) is 0. The van der Waals surface area contributed by atoms with Crippen LogP contribution in [-0.2, 0) is 6.42 Å². The average Bonchev–Trinajstić information content (AvgIpc) is 2.48. The van der Waals surface area contributed by atoms with E-state index in [2.05, 4.69) is 6.07 Å². The van der Waals surface area contributed by atoms with Gasteiger partial charge in [-0.25, -0.2) is 0 Å². The van der Waals surface area contributed by atoms with Crippen LogP contribution < -0.4 is 5.43 Å². The van der Waals surface area contributed by atoms with Crippen LogP contribution in [0.25, 0.3) is 22.3 Å². The molecule has 0 radical (unpaired) electrons. The topological polar surface area (TPSA) is 54.0 Å². The minimum atomic E-state index is -0.0625. The van der Waals surface area contributed by atoms with Gasteiger partial charge in [0, 0.05) is 11.6 Å². The van der Waals surface area contributed by atoms with Crippen LogP contribution in [-0.4, -0.2) is 0 Å². The van der Waals surface area contributed by atoms with Crippen LogP contribution in [0.1, 0.15) is 5.56 Å². The van der Waals surface area contributed by atoms with E-state index < -0.39 is 0 Å². The lowest BCUT2D eigenvalue weighted by Crippen LogP contribution is -2.00. The van der Waals surface area contributed by atoms with Crippen molar-refractivity contribution in [3.05, 3.63) is 70.4 Å². The molecule has 20 heavy (non-hydrogen) atoms. The second-order valence-corrected chi connectivity index (χ2v) is 4.51. The van der Waals surface area contributed by atoms with Gasteiger partial charge in [0.1, 0.15) is 11.3 Å². The molecule has 2 aromatic carbocycles. The summed E-state index contributed by atoms with van der Waals surface area (Å²) in [5, 5.41) is 9.32. The fourth-order valence-corrected chi connectivity index (χ4v) is 2.17. The van der Waals surface area contributed by atoms with E-state index in [1.165, 1.54) is 6.07 Å². The molecule has 0 aliphatic heterocycles. The van der Waals surface area contributed by atoms with Crippen molar-refractivity contribution in [3.63, 3.8) is 0 Å². The Morgan fingerprint density at radius 2 is 1.90 bits per heavy atom. The van der Waals surface area contributed by atoms with E-state index in [1.807, 2.05) is 36.4 Å². The molecule has 0 N–H and O–H groups in total. The molecule has 0 amide bonds. The van der Waals surface area contributed by atoms with Crippen LogP contribution in [0.2, 0.25) is 0 Å². The largest absolute Gasteiger partial charge is 0.456 e. The van der Waals surface area contributed by atoms with E-state index >= 15 is 0 Å². The van der Waals surface area contributed by atoms with E-state index in [1.54, 1.807) is 12.1 Å². The molecule has 3 rings (SSSR count). The Morgan fingerprint density at radius 3 is 2.75 bits per heavy atom. The predicted octanol–water partition coefficient (Wildman–Crippen LogP) is 3.53. The van der Waals surface area contributed by atoms with E-state index in [9.17, 15) is 4.79 Å². The molecule has 3 nitrogen and oxygen atoms in total.